The number of aromatic nitrogens is 2. The van der Waals surface area contributed by atoms with Crippen molar-refractivity contribution in [1.29, 1.82) is 0 Å². The van der Waals surface area contributed by atoms with E-state index in [1.807, 2.05) is 13.8 Å². The van der Waals surface area contributed by atoms with E-state index in [4.69, 9.17) is 9.47 Å². The molecule has 0 aliphatic carbocycles. The number of halogens is 3. The van der Waals surface area contributed by atoms with Crippen LogP contribution in [0.1, 0.15) is 36.2 Å². The van der Waals surface area contributed by atoms with Crippen LogP contribution in [0, 0.1) is 0 Å². The van der Waals surface area contributed by atoms with Crippen LogP contribution in [0.4, 0.5) is 13.2 Å². The molecule has 1 fully saturated rings. The normalized spacial score (nSPS) is 17.1. The van der Waals surface area contributed by atoms with Gasteiger partial charge in [-0.1, -0.05) is 0 Å². The number of likely N-dealkylation sites (tertiary alicyclic amines) is 1. The number of nitrogens with zero attached hydrogens (tertiary/aromatic N) is 3. The number of ether oxygens (including phenoxy) is 2. The lowest BCUT2D eigenvalue weighted by atomic mass is 10.2. The highest BCUT2D eigenvalue weighted by atomic mass is 19.4. The van der Waals surface area contributed by atoms with E-state index in [0.29, 0.717) is 24.4 Å². The summed E-state index contributed by atoms with van der Waals surface area (Å²) in [7, 11) is 0. The van der Waals surface area contributed by atoms with Crippen LogP contribution in [0.2, 0.25) is 0 Å². The van der Waals surface area contributed by atoms with E-state index in [-0.39, 0.29) is 24.4 Å². The van der Waals surface area contributed by atoms with E-state index in [9.17, 15) is 18.0 Å². The summed E-state index contributed by atoms with van der Waals surface area (Å²) >= 11 is 0. The number of carbonyl (C=O) groups excluding carboxylic acids is 1. The first-order valence-corrected chi connectivity index (χ1v) is 8.84. The quantitative estimate of drug-likeness (QED) is 0.774. The van der Waals surface area contributed by atoms with Gasteiger partial charge >= 0.3 is 6.18 Å². The highest BCUT2D eigenvalue weighted by molar-refractivity contribution is 5.94. The second-order valence-electron chi connectivity index (χ2n) is 6.71. The third kappa shape index (κ3) is 4.90. The Hall–Kier alpha value is -2.84. The number of amides is 1. The summed E-state index contributed by atoms with van der Waals surface area (Å²) in [5.74, 6) is 0.113. The number of alkyl halides is 3. The monoisotopic (exact) mass is 395 g/mol. The van der Waals surface area contributed by atoms with Crippen molar-refractivity contribution in [2.75, 3.05) is 13.1 Å². The number of rotatable bonds is 5. The Balaban J connectivity index is 1.60. The van der Waals surface area contributed by atoms with Gasteiger partial charge in [0.05, 0.1) is 23.8 Å². The minimum absolute atomic E-state index is 0.0185. The fourth-order valence-corrected chi connectivity index (χ4v) is 2.83. The first-order valence-electron chi connectivity index (χ1n) is 8.84. The summed E-state index contributed by atoms with van der Waals surface area (Å²) in [6.45, 7) is 4.46. The number of hydrogen-bond acceptors (Lipinski definition) is 5. The van der Waals surface area contributed by atoms with Crippen molar-refractivity contribution in [3.63, 3.8) is 0 Å². The molecule has 3 heterocycles. The Morgan fingerprint density at radius 2 is 2.00 bits per heavy atom. The molecule has 150 valence electrons. The van der Waals surface area contributed by atoms with E-state index in [1.165, 1.54) is 6.20 Å². The molecular formula is C19H20F3N3O3. The molecular weight excluding hydrogens is 375 g/mol. The molecule has 0 saturated carbocycles. The molecule has 3 rings (SSSR count). The Kier molecular flexibility index (Phi) is 5.71. The van der Waals surface area contributed by atoms with E-state index in [1.54, 1.807) is 17.0 Å². The van der Waals surface area contributed by atoms with Gasteiger partial charge in [-0.2, -0.15) is 13.2 Å². The van der Waals surface area contributed by atoms with E-state index in [2.05, 4.69) is 9.97 Å². The van der Waals surface area contributed by atoms with Gasteiger partial charge in [0.25, 0.3) is 5.91 Å². The van der Waals surface area contributed by atoms with Gasteiger partial charge in [-0.25, -0.2) is 9.97 Å². The summed E-state index contributed by atoms with van der Waals surface area (Å²) in [5.41, 5.74) is -0.410. The minimum Gasteiger partial charge on any atom is -0.475 e. The number of hydrogen-bond donors (Lipinski definition) is 0. The molecule has 0 bridgehead atoms. The lowest BCUT2D eigenvalue weighted by Gasteiger charge is -2.17. The third-order valence-electron chi connectivity index (χ3n) is 4.12. The number of pyridine rings is 2. The second kappa shape index (κ2) is 8.04. The standard InChI is InChI=1S/C19H20F3N3O3/c1-12(2)27-16-4-3-13(10-24-16)18(26)25-8-6-15(11-25)28-17-9-14(5-7-23-17)19(20,21)22/h3-5,7,9-10,12,15H,6,8,11H2,1-2H3. The van der Waals surface area contributed by atoms with E-state index >= 15 is 0 Å². The summed E-state index contributed by atoms with van der Waals surface area (Å²) in [6, 6.07) is 5.01. The first-order chi connectivity index (χ1) is 13.2. The van der Waals surface area contributed by atoms with Crippen LogP contribution in [-0.2, 0) is 6.18 Å². The summed E-state index contributed by atoms with van der Waals surface area (Å²) in [5, 5.41) is 0. The van der Waals surface area contributed by atoms with Crippen molar-refractivity contribution in [2.45, 2.75) is 38.7 Å². The highest BCUT2D eigenvalue weighted by Gasteiger charge is 2.32. The molecule has 0 aromatic carbocycles. The van der Waals surface area contributed by atoms with Crippen molar-refractivity contribution in [2.24, 2.45) is 0 Å². The lowest BCUT2D eigenvalue weighted by molar-refractivity contribution is -0.137. The third-order valence-corrected chi connectivity index (χ3v) is 4.12. The van der Waals surface area contributed by atoms with Gasteiger partial charge in [0.1, 0.15) is 6.10 Å². The summed E-state index contributed by atoms with van der Waals surface area (Å²) < 4.78 is 49.4. The van der Waals surface area contributed by atoms with Crippen LogP contribution >= 0.6 is 0 Å². The molecule has 1 amide bonds. The average molecular weight is 395 g/mol. The molecule has 1 aliphatic rings. The van der Waals surface area contributed by atoms with Gasteiger partial charge in [0.15, 0.2) is 0 Å². The van der Waals surface area contributed by atoms with Crippen molar-refractivity contribution in [3.05, 3.63) is 47.8 Å². The van der Waals surface area contributed by atoms with Crippen molar-refractivity contribution >= 4 is 5.91 Å². The van der Waals surface area contributed by atoms with E-state index in [0.717, 1.165) is 18.3 Å². The molecule has 0 radical (unpaired) electrons. The van der Waals surface area contributed by atoms with Gasteiger partial charge in [0.2, 0.25) is 11.8 Å². The Morgan fingerprint density at radius 1 is 1.21 bits per heavy atom. The Morgan fingerprint density at radius 3 is 2.64 bits per heavy atom. The van der Waals surface area contributed by atoms with Crippen molar-refractivity contribution in [3.8, 4) is 11.8 Å². The zero-order valence-corrected chi connectivity index (χ0v) is 15.4. The molecule has 1 aliphatic heterocycles. The molecule has 2 aromatic heterocycles. The minimum atomic E-state index is -4.46. The van der Waals surface area contributed by atoms with Gasteiger partial charge in [-0.3, -0.25) is 4.79 Å². The average Bonchev–Trinajstić information content (AvgIpc) is 3.09. The molecule has 28 heavy (non-hydrogen) atoms. The second-order valence-corrected chi connectivity index (χ2v) is 6.71. The van der Waals surface area contributed by atoms with E-state index < -0.39 is 17.8 Å². The van der Waals surface area contributed by atoms with Crippen LogP contribution < -0.4 is 9.47 Å². The Bertz CT molecular complexity index is 825. The topological polar surface area (TPSA) is 64.5 Å². The summed E-state index contributed by atoms with van der Waals surface area (Å²) in [4.78, 5) is 22.1. The van der Waals surface area contributed by atoms with Crippen LogP contribution in [0.5, 0.6) is 11.8 Å². The van der Waals surface area contributed by atoms with Crippen molar-refractivity contribution < 1.29 is 27.4 Å². The van der Waals surface area contributed by atoms with Crippen LogP contribution in [0.25, 0.3) is 0 Å². The molecule has 9 heteroatoms. The first kappa shape index (κ1) is 19.9. The van der Waals surface area contributed by atoms with Gasteiger partial charge in [0, 0.05) is 37.5 Å². The zero-order valence-electron chi connectivity index (χ0n) is 15.4. The maximum absolute atomic E-state index is 12.8. The summed E-state index contributed by atoms with van der Waals surface area (Å²) in [6.07, 6.45) is -1.89. The van der Waals surface area contributed by atoms with Crippen LogP contribution in [0.15, 0.2) is 36.7 Å². The lowest BCUT2D eigenvalue weighted by Crippen LogP contribution is -2.31. The highest BCUT2D eigenvalue weighted by Crippen LogP contribution is 2.31. The van der Waals surface area contributed by atoms with Gasteiger partial charge < -0.3 is 14.4 Å². The molecule has 0 spiro atoms. The molecule has 2 aromatic rings. The molecule has 1 saturated heterocycles. The Labute approximate surface area is 160 Å². The van der Waals surface area contributed by atoms with Crippen LogP contribution in [0.3, 0.4) is 0 Å². The fourth-order valence-electron chi connectivity index (χ4n) is 2.83. The van der Waals surface area contributed by atoms with Crippen molar-refractivity contribution in [1.82, 2.24) is 14.9 Å². The molecule has 6 nitrogen and oxygen atoms in total. The zero-order chi connectivity index (χ0) is 20.3. The maximum Gasteiger partial charge on any atom is 0.416 e. The maximum atomic E-state index is 12.8. The predicted molar refractivity (Wildman–Crippen MR) is 94.2 cm³/mol. The van der Waals surface area contributed by atoms with Crippen LogP contribution in [-0.4, -0.2) is 46.1 Å². The SMILES string of the molecule is CC(C)Oc1ccc(C(=O)N2CCC(Oc3cc(C(F)(F)F)ccn3)C2)cn1. The predicted octanol–water partition coefficient (Wildman–Crippen LogP) is 3.58. The smallest absolute Gasteiger partial charge is 0.416 e. The largest absolute Gasteiger partial charge is 0.475 e. The van der Waals surface area contributed by atoms with Gasteiger partial charge in [-0.05, 0) is 26.0 Å². The number of carbonyl (C=O) groups is 1. The fraction of sp³-hybridized carbons (Fsp3) is 0.421. The molecule has 1 atom stereocenters. The molecule has 0 N–H and O–H groups in total. The van der Waals surface area contributed by atoms with Gasteiger partial charge in [-0.15, -0.1) is 0 Å². The molecule has 1 unspecified atom stereocenters.